The molecule has 8 heteroatoms. The maximum atomic E-state index is 12.6. The molecule has 1 spiro atoms. The number of aliphatic hydroxyl groups excluding tert-OH is 3. The van der Waals surface area contributed by atoms with Gasteiger partial charge in [0, 0.05) is 30.4 Å². The summed E-state index contributed by atoms with van der Waals surface area (Å²) < 4.78 is 0. The molecule has 0 aromatic heterocycles. The smallest absolute Gasteiger partial charge is 0.145 e. The molecule has 0 aromatic rings. The number of aldehydes is 1. The molecule has 0 aromatic carbocycles. The summed E-state index contributed by atoms with van der Waals surface area (Å²) in [6.45, 7) is 11.4. The summed E-state index contributed by atoms with van der Waals surface area (Å²) in [6, 6.07) is 0. The lowest BCUT2D eigenvalue weighted by atomic mass is 9.45. The van der Waals surface area contributed by atoms with Gasteiger partial charge >= 0.3 is 0 Å². The fourth-order valence-corrected chi connectivity index (χ4v) is 8.55. The highest BCUT2D eigenvalue weighted by Crippen LogP contribution is 2.67. The van der Waals surface area contributed by atoms with Gasteiger partial charge in [-0.25, -0.2) is 0 Å². The van der Waals surface area contributed by atoms with Crippen LogP contribution in [0, 0.1) is 29.1 Å². The van der Waals surface area contributed by atoms with E-state index in [1.54, 1.807) is 0 Å². The first kappa shape index (κ1) is 38.3. The van der Waals surface area contributed by atoms with Crippen molar-refractivity contribution >= 4 is 6.29 Å². The quantitative estimate of drug-likeness (QED) is 0.0374. The molecule has 3 aliphatic rings. The first-order valence-electron chi connectivity index (χ1n) is 17.3. The van der Waals surface area contributed by atoms with Gasteiger partial charge in [0.25, 0.3) is 0 Å². The second kappa shape index (κ2) is 18.4. The minimum absolute atomic E-state index is 0.0200. The third-order valence-electron chi connectivity index (χ3n) is 10.8. The summed E-state index contributed by atoms with van der Waals surface area (Å²) in [5.41, 5.74) is 2.55. The third-order valence-corrected chi connectivity index (χ3v) is 10.8. The molecule has 2 fully saturated rings. The van der Waals surface area contributed by atoms with Crippen molar-refractivity contribution in [1.82, 2.24) is 16.0 Å². The molecule has 46 heavy (non-hydrogen) atoms. The van der Waals surface area contributed by atoms with Gasteiger partial charge in [-0.1, -0.05) is 59.8 Å². The maximum absolute atomic E-state index is 12.6. The van der Waals surface area contributed by atoms with Crippen molar-refractivity contribution in [2.24, 2.45) is 29.1 Å². The largest absolute Gasteiger partial charge is 0.396 e. The van der Waals surface area contributed by atoms with E-state index in [-0.39, 0.29) is 36.9 Å². The highest BCUT2D eigenvalue weighted by Gasteiger charge is 2.68. The van der Waals surface area contributed by atoms with Gasteiger partial charge < -0.3 is 36.4 Å². The SMILES string of the molecule is C=C(C=CC=C(CO)C1CCC2(C1O)C1C(=C(C)C=O)C(C=CC1CCO)CC2(O)CCNC)CCC=C(C)CNCCCNC. The second-order valence-corrected chi connectivity index (χ2v) is 13.8. The van der Waals surface area contributed by atoms with Crippen LogP contribution in [-0.4, -0.2) is 91.9 Å². The first-order valence-corrected chi connectivity index (χ1v) is 17.3. The van der Waals surface area contributed by atoms with E-state index in [9.17, 15) is 25.2 Å². The Hall–Kier alpha value is -2.17. The number of carbonyl (C=O) groups excluding carboxylic acids is 1. The molecule has 0 heterocycles. The molecular formula is C38H61N3O5. The van der Waals surface area contributed by atoms with E-state index >= 15 is 0 Å². The van der Waals surface area contributed by atoms with E-state index in [1.165, 1.54) is 5.57 Å². The van der Waals surface area contributed by atoms with E-state index in [1.807, 2.05) is 39.2 Å². The van der Waals surface area contributed by atoms with Gasteiger partial charge in [0.2, 0.25) is 0 Å². The monoisotopic (exact) mass is 639 g/mol. The predicted octanol–water partition coefficient (Wildman–Crippen LogP) is 3.76. The zero-order valence-electron chi connectivity index (χ0n) is 28.7. The maximum Gasteiger partial charge on any atom is 0.145 e. The van der Waals surface area contributed by atoms with E-state index in [0.717, 1.165) is 61.9 Å². The third kappa shape index (κ3) is 8.64. The lowest BCUT2D eigenvalue weighted by Crippen LogP contribution is -2.65. The van der Waals surface area contributed by atoms with Crippen LogP contribution in [0.4, 0.5) is 0 Å². The Morgan fingerprint density at radius 3 is 2.57 bits per heavy atom. The standard InChI is InChI=1S/C38H61N3O5/c1-27(9-6-11-28(2)24-41-20-8-19-39-4)10-7-12-32(26-44)33-15-17-38(36(33)45)35-30(16-22-42)13-14-31(34(35)29(3)25-43)23-37(38,46)18-21-40-5/h7,10-14,25,30-31,33,35-36,39-42,44-46H,1,6,8-9,15-24,26H2,2-5H3. The van der Waals surface area contributed by atoms with Crippen molar-refractivity contribution in [3.05, 3.63) is 70.9 Å². The minimum atomic E-state index is -1.19. The molecule has 8 nitrogen and oxygen atoms in total. The highest BCUT2D eigenvalue weighted by molar-refractivity contribution is 5.74. The summed E-state index contributed by atoms with van der Waals surface area (Å²) in [5.74, 6) is -0.836. The number of rotatable bonds is 19. The van der Waals surface area contributed by atoms with E-state index in [4.69, 9.17) is 0 Å². The van der Waals surface area contributed by atoms with Gasteiger partial charge in [-0.05, 0) is 122 Å². The van der Waals surface area contributed by atoms with Crippen molar-refractivity contribution in [2.75, 3.05) is 53.5 Å². The summed E-state index contributed by atoms with van der Waals surface area (Å²) in [7, 11) is 3.83. The zero-order chi connectivity index (χ0) is 33.7. The van der Waals surface area contributed by atoms with E-state index < -0.39 is 17.1 Å². The van der Waals surface area contributed by atoms with Crippen LogP contribution in [0.5, 0.6) is 0 Å². The Labute approximate surface area is 277 Å². The second-order valence-electron chi connectivity index (χ2n) is 13.8. The number of allylic oxidation sites excluding steroid dienone is 9. The van der Waals surface area contributed by atoms with Crippen LogP contribution in [0.3, 0.4) is 0 Å². The Morgan fingerprint density at radius 1 is 1.13 bits per heavy atom. The van der Waals surface area contributed by atoms with Crippen molar-refractivity contribution in [3.8, 4) is 0 Å². The number of fused-ring (bicyclic) bond motifs is 3. The molecule has 258 valence electrons. The van der Waals surface area contributed by atoms with Crippen LogP contribution >= 0.6 is 0 Å². The van der Waals surface area contributed by atoms with Crippen LogP contribution in [0.2, 0.25) is 0 Å². The fourth-order valence-electron chi connectivity index (χ4n) is 8.55. The normalized spacial score (nSPS) is 32.5. The topological polar surface area (TPSA) is 134 Å². The molecule has 7 N–H and O–H groups in total. The molecular weight excluding hydrogens is 578 g/mol. The molecule has 3 rings (SSSR count). The number of aliphatic hydroxyl groups is 4. The summed E-state index contributed by atoms with van der Waals surface area (Å²) in [5, 5.41) is 55.3. The Bertz CT molecular complexity index is 1170. The molecule has 0 aliphatic heterocycles. The predicted molar refractivity (Wildman–Crippen MR) is 187 cm³/mol. The minimum Gasteiger partial charge on any atom is -0.396 e. The lowest BCUT2D eigenvalue weighted by Gasteiger charge is -2.61. The zero-order valence-corrected chi connectivity index (χ0v) is 28.7. The molecule has 2 bridgehead atoms. The van der Waals surface area contributed by atoms with Crippen molar-refractivity contribution in [3.63, 3.8) is 0 Å². The Morgan fingerprint density at radius 2 is 1.89 bits per heavy atom. The molecule has 7 unspecified atom stereocenters. The number of nitrogens with one attached hydrogen (secondary N) is 3. The van der Waals surface area contributed by atoms with Crippen molar-refractivity contribution in [2.45, 2.75) is 76.9 Å². The van der Waals surface area contributed by atoms with E-state index in [0.29, 0.717) is 44.2 Å². The van der Waals surface area contributed by atoms with Gasteiger partial charge in [-0.3, -0.25) is 4.79 Å². The molecule has 0 saturated heterocycles. The molecule has 7 atom stereocenters. The number of carbonyl (C=O) groups is 1. The van der Waals surface area contributed by atoms with Crippen LogP contribution < -0.4 is 16.0 Å². The molecule has 0 radical (unpaired) electrons. The summed E-state index contributed by atoms with van der Waals surface area (Å²) in [6.07, 6.45) is 17.6. The van der Waals surface area contributed by atoms with Gasteiger partial charge in [0.1, 0.15) is 6.29 Å². The summed E-state index contributed by atoms with van der Waals surface area (Å²) in [4.78, 5) is 12.2. The Kier molecular flexibility index (Phi) is 15.3. The fraction of sp³-hybridized carbons (Fsp3) is 0.658. The molecule has 0 amide bonds. The van der Waals surface area contributed by atoms with Gasteiger partial charge in [0.05, 0.1) is 18.3 Å². The Balaban J connectivity index is 1.82. The van der Waals surface area contributed by atoms with Crippen LogP contribution in [0.25, 0.3) is 0 Å². The average Bonchev–Trinajstić information content (AvgIpc) is 3.39. The van der Waals surface area contributed by atoms with Gasteiger partial charge in [-0.15, -0.1) is 0 Å². The summed E-state index contributed by atoms with van der Waals surface area (Å²) >= 11 is 0. The van der Waals surface area contributed by atoms with Crippen molar-refractivity contribution < 1.29 is 25.2 Å². The van der Waals surface area contributed by atoms with Crippen molar-refractivity contribution in [1.29, 1.82) is 0 Å². The lowest BCUT2D eigenvalue weighted by molar-refractivity contribution is -0.194. The first-order chi connectivity index (χ1) is 22.1. The molecule has 2 saturated carbocycles. The van der Waals surface area contributed by atoms with E-state index in [2.05, 4.69) is 47.7 Å². The van der Waals surface area contributed by atoms with Gasteiger partial charge in [-0.2, -0.15) is 0 Å². The van der Waals surface area contributed by atoms with Crippen LogP contribution in [0.15, 0.2) is 70.9 Å². The average molecular weight is 640 g/mol. The molecule has 3 aliphatic carbocycles. The number of hydrogen-bond acceptors (Lipinski definition) is 8. The van der Waals surface area contributed by atoms with Gasteiger partial charge in [0.15, 0.2) is 0 Å². The van der Waals surface area contributed by atoms with Crippen LogP contribution in [-0.2, 0) is 4.79 Å². The number of hydrogen-bond donors (Lipinski definition) is 7. The highest BCUT2D eigenvalue weighted by atomic mass is 16.3. The van der Waals surface area contributed by atoms with Crippen LogP contribution in [0.1, 0.15) is 65.2 Å².